The van der Waals surface area contributed by atoms with Crippen LogP contribution in [-0.2, 0) is 11.3 Å². The quantitative estimate of drug-likeness (QED) is 0.811. The van der Waals surface area contributed by atoms with Crippen molar-refractivity contribution in [3.63, 3.8) is 0 Å². The van der Waals surface area contributed by atoms with Gasteiger partial charge in [-0.05, 0) is 57.1 Å². The largest absolute Gasteiger partial charge is 0.483 e. The number of piperidine rings is 2. The Kier molecular flexibility index (Phi) is 6.87. The van der Waals surface area contributed by atoms with Crippen LogP contribution in [0.5, 0.6) is 0 Å². The summed E-state index contributed by atoms with van der Waals surface area (Å²) in [5, 5.41) is 16.8. The van der Waals surface area contributed by atoms with Gasteiger partial charge in [-0.1, -0.05) is 6.07 Å². The summed E-state index contributed by atoms with van der Waals surface area (Å²) in [5.41, 5.74) is 0.811. The van der Waals surface area contributed by atoms with Gasteiger partial charge in [0.1, 0.15) is 0 Å². The van der Waals surface area contributed by atoms with Gasteiger partial charge in [0.05, 0.1) is 6.61 Å². The van der Waals surface area contributed by atoms with E-state index in [1.54, 1.807) is 6.07 Å². The van der Waals surface area contributed by atoms with E-state index in [9.17, 15) is 13.9 Å². The summed E-state index contributed by atoms with van der Waals surface area (Å²) in [4.78, 5) is 13.0. The molecule has 7 heteroatoms. The van der Waals surface area contributed by atoms with Gasteiger partial charge in [-0.3, -0.25) is 9.69 Å². The third kappa shape index (κ3) is 4.54. The molecule has 0 aliphatic carbocycles. The van der Waals surface area contributed by atoms with Gasteiger partial charge in [0.15, 0.2) is 11.6 Å². The maximum absolute atomic E-state index is 13.3. The lowest BCUT2D eigenvalue weighted by molar-refractivity contribution is -0.122. The lowest BCUT2D eigenvalue weighted by atomic mass is 9.69. The van der Waals surface area contributed by atoms with Gasteiger partial charge < -0.3 is 15.1 Å². The molecule has 0 aromatic heterocycles. The number of carbonyl (C=O) groups is 1. The Labute approximate surface area is 146 Å². The number of likely N-dealkylation sites (N-methyl/N-ethyl adjacent to an activating group) is 1. The first-order chi connectivity index (χ1) is 12.0. The van der Waals surface area contributed by atoms with E-state index in [1.165, 1.54) is 12.1 Å². The lowest BCUT2D eigenvalue weighted by Gasteiger charge is -2.53. The molecule has 0 spiro atoms. The van der Waals surface area contributed by atoms with Crippen molar-refractivity contribution in [3.05, 3.63) is 35.4 Å². The highest BCUT2D eigenvalue weighted by Gasteiger charge is 2.46. The van der Waals surface area contributed by atoms with Crippen LogP contribution in [-0.4, -0.2) is 65.8 Å². The number of hydrogen-bond donors (Lipinski definition) is 2. The molecular weight excluding hydrogens is 330 g/mol. The SMILES string of the molecule is CN1CCC[C@]2(CO)CCN(Cc3ccc(F)c(F)c3)C[C@@H]12.O=CO. The predicted molar refractivity (Wildman–Crippen MR) is 90.1 cm³/mol. The Morgan fingerprint density at radius 2 is 2.00 bits per heavy atom. The van der Waals surface area contributed by atoms with Crippen molar-refractivity contribution in [1.29, 1.82) is 0 Å². The zero-order chi connectivity index (χ0) is 18.4. The van der Waals surface area contributed by atoms with Crippen LogP contribution in [0.2, 0.25) is 0 Å². The summed E-state index contributed by atoms with van der Waals surface area (Å²) in [6, 6.07) is 4.47. The summed E-state index contributed by atoms with van der Waals surface area (Å²) in [7, 11) is 2.12. The minimum absolute atomic E-state index is 0.0115. The summed E-state index contributed by atoms with van der Waals surface area (Å²) in [5.74, 6) is -1.58. The number of hydrogen-bond acceptors (Lipinski definition) is 4. The standard InChI is InChI=1S/C17H24F2N2O.CH2O2/c1-20-7-2-5-17(12-22)6-8-21(11-16(17)20)10-13-3-4-14(18)15(19)9-13;2-1-3/h3-4,9,16,22H,2,5-8,10-12H2,1H3;1H,(H,2,3)/t16-,17-;/m1./s1. The van der Waals surface area contributed by atoms with Crippen molar-refractivity contribution in [3.8, 4) is 0 Å². The van der Waals surface area contributed by atoms with Crippen molar-refractivity contribution in [2.24, 2.45) is 5.41 Å². The fraction of sp³-hybridized carbons (Fsp3) is 0.611. The van der Waals surface area contributed by atoms with Crippen molar-refractivity contribution in [2.75, 3.05) is 33.3 Å². The van der Waals surface area contributed by atoms with Crippen LogP contribution in [0.4, 0.5) is 8.78 Å². The molecule has 140 valence electrons. The molecule has 2 heterocycles. The van der Waals surface area contributed by atoms with Gasteiger partial charge >= 0.3 is 0 Å². The van der Waals surface area contributed by atoms with Crippen molar-refractivity contribution in [2.45, 2.75) is 31.8 Å². The number of rotatable bonds is 3. The van der Waals surface area contributed by atoms with E-state index >= 15 is 0 Å². The topological polar surface area (TPSA) is 64.0 Å². The van der Waals surface area contributed by atoms with Gasteiger partial charge in [0.2, 0.25) is 0 Å². The van der Waals surface area contributed by atoms with Crippen LogP contribution >= 0.6 is 0 Å². The summed E-state index contributed by atoms with van der Waals surface area (Å²) < 4.78 is 26.4. The summed E-state index contributed by atoms with van der Waals surface area (Å²) in [6.45, 7) is 3.44. The molecule has 0 unspecified atom stereocenters. The summed E-state index contributed by atoms with van der Waals surface area (Å²) >= 11 is 0. The fourth-order valence-electron chi connectivity index (χ4n) is 4.12. The first-order valence-corrected chi connectivity index (χ1v) is 8.51. The van der Waals surface area contributed by atoms with Crippen molar-refractivity contribution in [1.82, 2.24) is 9.80 Å². The second-order valence-corrected chi connectivity index (χ2v) is 6.96. The van der Waals surface area contributed by atoms with E-state index in [0.29, 0.717) is 12.6 Å². The Balaban J connectivity index is 0.000000701. The van der Waals surface area contributed by atoms with Crippen LogP contribution in [0, 0.1) is 17.0 Å². The maximum atomic E-state index is 13.3. The molecule has 0 amide bonds. The molecule has 1 aromatic carbocycles. The average Bonchev–Trinajstić information content (AvgIpc) is 2.60. The molecule has 2 atom stereocenters. The highest BCUT2D eigenvalue weighted by Crippen LogP contribution is 2.41. The molecule has 2 N–H and O–H groups in total. The van der Waals surface area contributed by atoms with Gasteiger partial charge in [-0.15, -0.1) is 0 Å². The van der Waals surface area contributed by atoms with E-state index in [1.807, 2.05) is 0 Å². The number of carboxylic acid groups (broad SMARTS) is 1. The van der Waals surface area contributed by atoms with Crippen LogP contribution < -0.4 is 0 Å². The zero-order valence-corrected chi connectivity index (χ0v) is 14.5. The third-order valence-electron chi connectivity index (χ3n) is 5.49. The number of aliphatic hydroxyl groups is 1. The van der Waals surface area contributed by atoms with Crippen LogP contribution in [0.25, 0.3) is 0 Å². The number of halogens is 2. The molecule has 25 heavy (non-hydrogen) atoms. The van der Waals surface area contributed by atoms with E-state index in [0.717, 1.165) is 44.5 Å². The monoisotopic (exact) mass is 356 g/mol. The molecule has 2 aliphatic heterocycles. The molecule has 5 nitrogen and oxygen atoms in total. The Morgan fingerprint density at radius 3 is 2.64 bits per heavy atom. The number of likely N-dealkylation sites (tertiary alicyclic amines) is 2. The number of benzene rings is 1. The molecule has 0 radical (unpaired) electrons. The van der Waals surface area contributed by atoms with E-state index in [2.05, 4.69) is 16.8 Å². The molecule has 3 rings (SSSR count). The van der Waals surface area contributed by atoms with Crippen molar-refractivity contribution < 1.29 is 23.8 Å². The molecule has 2 saturated heterocycles. The highest BCUT2D eigenvalue weighted by molar-refractivity contribution is 5.32. The Hall–Kier alpha value is -1.57. The van der Waals surface area contributed by atoms with Gasteiger partial charge in [0.25, 0.3) is 6.47 Å². The van der Waals surface area contributed by atoms with Gasteiger partial charge in [0, 0.05) is 24.5 Å². The second-order valence-electron chi connectivity index (χ2n) is 6.96. The number of aliphatic hydroxyl groups excluding tert-OH is 1. The average molecular weight is 356 g/mol. The highest BCUT2D eigenvalue weighted by atomic mass is 19.2. The van der Waals surface area contributed by atoms with Gasteiger partial charge in [-0.25, -0.2) is 8.78 Å². The van der Waals surface area contributed by atoms with E-state index in [-0.39, 0.29) is 18.5 Å². The first-order valence-electron chi connectivity index (χ1n) is 8.51. The van der Waals surface area contributed by atoms with Crippen LogP contribution in [0.15, 0.2) is 18.2 Å². The molecule has 0 bridgehead atoms. The smallest absolute Gasteiger partial charge is 0.290 e. The zero-order valence-electron chi connectivity index (χ0n) is 14.5. The molecule has 1 aromatic rings. The van der Waals surface area contributed by atoms with E-state index < -0.39 is 11.6 Å². The minimum atomic E-state index is -0.797. The fourth-order valence-corrected chi connectivity index (χ4v) is 4.12. The lowest BCUT2D eigenvalue weighted by Crippen LogP contribution is -2.61. The van der Waals surface area contributed by atoms with Crippen LogP contribution in [0.1, 0.15) is 24.8 Å². The predicted octanol–water partition coefficient (Wildman–Crippen LogP) is 1.94. The Morgan fingerprint density at radius 1 is 1.28 bits per heavy atom. The molecular formula is C18H26F2N2O3. The van der Waals surface area contributed by atoms with E-state index in [4.69, 9.17) is 9.90 Å². The van der Waals surface area contributed by atoms with Gasteiger partial charge in [-0.2, -0.15) is 0 Å². The molecule has 2 aliphatic rings. The first kappa shape index (κ1) is 19.8. The Bertz CT molecular complexity index is 587. The summed E-state index contributed by atoms with van der Waals surface area (Å²) in [6.07, 6.45) is 3.18. The normalized spacial score (nSPS) is 27.1. The molecule has 0 saturated carbocycles. The molecule has 2 fully saturated rings. The number of fused-ring (bicyclic) bond motifs is 1. The number of nitrogens with zero attached hydrogens (tertiary/aromatic N) is 2. The minimum Gasteiger partial charge on any atom is -0.483 e. The van der Waals surface area contributed by atoms with Crippen molar-refractivity contribution >= 4 is 6.47 Å². The maximum Gasteiger partial charge on any atom is 0.290 e. The van der Waals surface area contributed by atoms with Crippen LogP contribution in [0.3, 0.4) is 0 Å². The second kappa shape index (κ2) is 8.69. The third-order valence-corrected chi connectivity index (χ3v) is 5.49.